The molecule has 6 heteroatoms. The number of rotatable bonds is 8. The van der Waals surface area contributed by atoms with Crippen molar-refractivity contribution in [1.82, 2.24) is 14.9 Å². The Morgan fingerprint density at radius 3 is 2.73 bits per heavy atom. The number of nitrogens with one attached hydrogen (secondary N) is 1. The molecule has 0 spiro atoms. The number of unbranched alkanes of at least 4 members (excludes halogenated alkanes) is 1. The zero-order valence-electron chi connectivity index (χ0n) is 14.8. The fraction of sp³-hybridized carbons (Fsp3) is 0.250. The third kappa shape index (κ3) is 4.67. The lowest BCUT2D eigenvalue weighted by Gasteiger charge is -2.09. The van der Waals surface area contributed by atoms with E-state index in [1.54, 1.807) is 10.9 Å². The highest BCUT2D eigenvalue weighted by Gasteiger charge is 2.05. The minimum atomic E-state index is 0.495. The van der Waals surface area contributed by atoms with Crippen LogP contribution in [0.1, 0.15) is 36.7 Å². The van der Waals surface area contributed by atoms with Crippen LogP contribution >= 0.6 is 12.2 Å². The average Bonchev–Trinajstić information content (AvgIpc) is 3.04. The van der Waals surface area contributed by atoms with Gasteiger partial charge in [-0.3, -0.25) is 5.10 Å². The largest absolute Gasteiger partial charge is 0.488 e. The van der Waals surface area contributed by atoms with Gasteiger partial charge in [-0.1, -0.05) is 55.8 Å². The molecule has 1 aromatic heterocycles. The molecule has 2 aromatic carbocycles. The molecule has 0 fully saturated rings. The molecular formula is C20H22N4OS. The monoisotopic (exact) mass is 366 g/mol. The zero-order chi connectivity index (χ0) is 18.2. The number of para-hydroxylation sites is 1. The van der Waals surface area contributed by atoms with E-state index >= 15 is 0 Å². The highest BCUT2D eigenvalue weighted by molar-refractivity contribution is 7.71. The number of ether oxygens (including phenoxy) is 1. The summed E-state index contributed by atoms with van der Waals surface area (Å²) in [6, 6.07) is 17.9. The molecule has 0 saturated carbocycles. The van der Waals surface area contributed by atoms with Crippen molar-refractivity contribution < 1.29 is 4.74 Å². The van der Waals surface area contributed by atoms with Gasteiger partial charge in [-0.25, -0.2) is 0 Å². The standard InChI is InChI=1S/C20H22N4OS/c1-2-3-13-19-22-23-20(26)24(19)21-14-17-11-7-8-12-18(17)25-15-16-9-5-4-6-10-16/h4-12,14H,2-3,13,15H2,1H3,(H,23,26)/b21-14+. The van der Waals surface area contributed by atoms with E-state index in [-0.39, 0.29) is 0 Å². The van der Waals surface area contributed by atoms with E-state index in [1.807, 2.05) is 54.6 Å². The third-order valence-corrected chi connectivity index (χ3v) is 4.20. The molecule has 0 bridgehead atoms. The van der Waals surface area contributed by atoms with E-state index in [4.69, 9.17) is 17.0 Å². The van der Waals surface area contributed by atoms with E-state index in [9.17, 15) is 0 Å². The predicted molar refractivity (Wildman–Crippen MR) is 106 cm³/mol. The number of aromatic nitrogens is 3. The molecule has 0 saturated heterocycles. The number of nitrogens with zero attached hydrogens (tertiary/aromatic N) is 3. The van der Waals surface area contributed by atoms with Gasteiger partial charge in [0.1, 0.15) is 12.4 Å². The first-order valence-electron chi connectivity index (χ1n) is 8.74. The van der Waals surface area contributed by atoms with E-state index in [0.717, 1.165) is 42.0 Å². The van der Waals surface area contributed by atoms with Gasteiger partial charge < -0.3 is 4.74 Å². The van der Waals surface area contributed by atoms with Crippen LogP contribution in [0.5, 0.6) is 5.75 Å². The van der Waals surface area contributed by atoms with Crippen molar-refractivity contribution in [3.05, 3.63) is 76.3 Å². The quantitative estimate of drug-likeness (QED) is 0.462. The van der Waals surface area contributed by atoms with Crippen LogP contribution in [-0.2, 0) is 13.0 Å². The minimum Gasteiger partial charge on any atom is -0.488 e. The second-order valence-corrected chi connectivity index (χ2v) is 6.30. The molecule has 0 atom stereocenters. The molecule has 26 heavy (non-hydrogen) atoms. The van der Waals surface area contributed by atoms with Crippen molar-refractivity contribution in [2.75, 3.05) is 0 Å². The fourth-order valence-corrected chi connectivity index (χ4v) is 2.71. The van der Waals surface area contributed by atoms with Crippen molar-refractivity contribution in [1.29, 1.82) is 0 Å². The number of H-pyrrole nitrogens is 1. The Labute approximate surface area is 158 Å². The van der Waals surface area contributed by atoms with E-state index in [1.165, 1.54) is 0 Å². The molecule has 0 unspecified atom stereocenters. The number of aryl methyl sites for hydroxylation is 1. The molecular weight excluding hydrogens is 344 g/mol. The molecule has 0 radical (unpaired) electrons. The van der Waals surface area contributed by atoms with Crippen molar-refractivity contribution >= 4 is 18.4 Å². The summed E-state index contributed by atoms with van der Waals surface area (Å²) in [7, 11) is 0. The normalized spacial score (nSPS) is 11.1. The van der Waals surface area contributed by atoms with Gasteiger partial charge in [0.25, 0.3) is 0 Å². The van der Waals surface area contributed by atoms with Crippen molar-refractivity contribution in [2.24, 2.45) is 5.10 Å². The van der Waals surface area contributed by atoms with Gasteiger partial charge >= 0.3 is 0 Å². The first-order valence-corrected chi connectivity index (χ1v) is 9.15. The summed E-state index contributed by atoms with van der Waals surface area (Å²) >= 11 is 5.29. The molecule has 134 valence electrons. The van der Waals surface area contributed by atoms with Gasteiger partial charge in [0.15, 0.2) is 5.82 Å². The van der Waals surface area contributed by atoms with E-state index in [0.29, 0.717) is 11.4 Å². The molecule has 1 N–H and O–H groups in total. The molecule has 5 nitrogen and oxygen atoms in total. The fourth-order valence-electron chi connectivity index (χ4n) is 2.51. The first kappa shape index (κ1) is 18.1. The van der Waals surface area contributed by atoms with Crippen molar-refractivity contribution in [3.8, 4) is 5.75 Å². The number of benzene rings is 2. The second kappa shape index (κ2) is 9.10. The van der Waals surface area contributed by atoms with Crippen LogP contribution < -0.4 is 4.74 Å². The number of aromatic amines is 1. The Morgan fingerprint density at radius 1 is 1.15 bits per heavy atom. The Kier molecular flexibility index (Phi) is 6.33. The summed E-state index contributed by atoms with van der Waals surface area (Å²) in [6.45, 7) is 2.66. The van der Waals surface area contributed by atoms with Crippen LogP contribution in [0.15, 0.2) is 59.7 Å². The van der Waals surface area contributed by atoms with E-state index < -0.39 is 0 Å². The van der Waals surface area contributed by atoms with Gasteiger partial charge in [-0.05, 0) is 36.3 Å². The van der Waals surface area contributed by atoms with Crippen molar-refractivity contribution in [3.63, 3.8) is 0 Å². The summed E-state index contributed by atoms with van der Waals surface area (Å²) in [5, 5.41) is 11.6. The van der Waals surface area contributed by atoms with Gasteiger partial charge in [0.05, 0.1) is 6.21 Å². The lowest BCUT2D eigenvalue weighted by Crippen LogP contribution is -2.01. The van der Waals surface area contributed by atoms with E-state index in [2.05, 4.69) is 22.2 Å². The number of hydrogen-bond donors (Lipinski definition) is 1. The lowest BCUT2D eigenvalue weighted by atomic mass is 10.2. The second-order valence-electron chi connectivity index (χ2n) is 5.92. The molecule has 0 amide bonds. The highest BCUT2D eigenvalue weighted by Crippen LogP contribution is 2.18. The Morgan fingerprint density at radius 2 is 1.92 bits per heavy atom. The maximum atomic E-state index is 5.97. The Balaban J connectivity index is 1.77. The summed E-state index contributed by atoms with van der Waals surface area (Å²) < 4.78 is 8.14. The van der Waals surface area contributed by atoms with Gasteiger partial charge in [-0.2, -0.15) is 14.9 Å². The summed E-state index contributed by atoms with van der Waals surface area (Å²) in [5.74, 6) is 1.63. The molecule has 0 aliphatic rings. The Bertz CT molecular complexity index is 915. The summed E-state index contributed by atoms with van der Waals surface area (Å²) in [4.78, 5) is 0. The molecule has 0 aliphatic carbocycles. The minimum absolute atomic E-state index is 0.495. The smallest absolute Gasteiger partial charge is 0.216 e. The van der Waals surface area contributed by atoms with Gasteiger partial charge in [0, 0.05) is 12.0 Å². The zero-order valence-corrected chi connectivity index (χ0v) is 15.6. The molecule has 1 heterocycles. The van der Waals surface area contributed by atoms with Crippen LogP contribution in [-0.4, -0.2) is 21.1 Å². The summed E-state index contributed by atoms with van der Waals surface area (Å²) in [5.41, 5.74) is 2.02. The van der Waals surface area contributed by atoms with Crippen molar-refractivity contribution in [2.45, 2.75) is 32.8 Å². The van der Waals surface area contributed by atoms with Crippen LogP contribution in [0, 0.1) is 4.77 Å². The average molecular weight is 366 g/mol. The Hall–Kier alpha value is -2.73. The van der Waals surface area contributed by atoms with Crippen LogP contribution in [0.25, 0.3) is 0 Å². The SMILES string of the molecule is CCCCc1n[nH]c(=S)n1/N=C/c1ccccc1OCc1ccccc1. The number of hydrogen-bond acceptors (Lipinski definition) is 4. The van der Waals surface area contributed by atoms with Gasteiger partial charge in [0.2, 0.25) is 4.77 Å². The molecule has 3 aromatic rings. The third-order valence-electron chi connectivity index (χ3n) is 3.94. The van der Waals surface area contributed by atoms with Crippen LogP contribution in [0.2, 0.25) is 0 Å². The van der Waals surface area contributed by atoms with Gasteiger partial charge in [-0.15, -0.1) is 0 Å². The maximum absolute atomic E-state index is 5.97. The topological polar surface area (TPSA) is 55.2 Å². The predicted octanol–water partition coefficient (Wildman–Crippen LogP) is 4.74. The first-order chi connectivity index (χ1) is 12.8. The molecule has 3 rings (SSSR count). The van der Waals surface area contributed by atoms with Crippen LogP contribution in [0.4, 0.5) is 0 Å². The molecule has 0 aliphatic heterocycles. The summed E-state index contributed by atoms with van der Waals surface area (Å²) in [6.07, 6.45) is 4.75. The highest BCUT2D eigenvalue weighted by atomic mass is 32.1. The lowest BCUT2D eigenvalue weighted by molar-refractivity contribution is 0.306. The van der Waals surface area contributed by atoms with Crippen LogP contribution in [0.3, 0.4) is 0 Å². The maximum Gasteiger partial charge on any atom is 0.216 e.